The van der Waals surface area contributed by atoms with Crippen LogP contribution in [0.4, 0.5) is 34.6 Å². The number of aldehydes is 1. The van der Waals surface area contributed by atoms with Gasteiger partial charge in [0.05, 0.1) is 24.4 Å². The smallest absolute Gasteiger partial charge is 0.254 e. The van der Waals surface area contributed by atoms with Gasteiger partial charge in [-0.05, 0) is 42.5 Å². The molecule has 1 saturated heterocycles. The van der Waals surface area contributed by atoms with Crippen LogP contribution >= 0.6 is 23.2 Å². The number of hydrogen-bond donors (Lipinski definition) is 5. The third-order valence-electron chi connectivity index (χ3n) is 6.60. The maximum atomic E-state index is 11.8. The largest absolute Gasteiger partial charge is 0.383 e. The van der Waals surface area contributed by atoms with Gasteiger partial charge in [-0.25, -0.2) is 9.97 Å². The summed E-state index contributed by atoms with van der Waals surface area (Å²) in [5.41, 5.74) is 15.7. The van der Waals surface area contributed by atoms with Crippen LogP contribution in [0.1, 0.15) is 22.3 Å². The molecule has 2 amide bonds. The predicted molar refractivity (Wildman–Crippen MR) is 175 cm³/mol. The van der Waals surface area contributed by atoms with Gasteiger partial charge in [-0.1, -0.05) is 35.3 Å². The predicted octanol–water partition coefficient (Wildman–Crippen LogP) is 4.66. The van der Waals surface area contributed by atoms with E-state index in [1.54, 1.807) is 48.7 Å². The Hall–Kier alpha value is -5.99. The third kappa shape index (κ3) is 6.43. The number of hydrogen-bond acceptors (Lipinski definition) is 11. The Balaban J connectivity index is 0.000000167. The highest BCUT2D eigenvalue weighted by Crippen LogP contribution is 2.25. The van der Waals surface area contributed by atoms with Gasteiger partial charge in [0.15, 0.2) is 17.6 Å². The van der Waals surface area contributed by atoms with Crippen LogP contribution in [0.5, 0.6) is 0 Å². The summed E-state index contributed by atoms with van der Waals surface area (Å²) in [6.07, 6.45) is 5.29. The third-order valence-corrected chi connectivity index (χ3v) is 7.07. The molecule has 0 radical (unpaired) electrons. The van der Waals surface area contributed by atoms with E-state index in [4.69, 9.17) is 34.7 Å². The Bertz CT molecular complexity index is 2190. The summed E-state index contributed by atoms with van der Waals surface area (Å²) in [5, 5.41) is 17.9. The topological polar surface area (TPSA) is 200 Å². The summed E-state index contributed by atoms with van der Waals surface area (Å²) in [6.45, 7) is 0. The van der Waals surface area contributed by atoms with Crippen LogP contribution < -0.4 is 27.4 Å². The van der Waals surface area contributed by atoms with Gasteiger partial charge in [0.25, 0.3) is 5.91 Å². The number of fused-ring (bicyclic) bond motifs is 2. The number of nitrogen functional groups attached to an aromatic ring is 2. The average Bonchev–Trinajstić information content (AvgIpc) is 3.70. The molecule has 4 aromatic heterocycles. The minimum atomic E-state index is -0.407. The number of halogens is 2. The van der Waals surface area contributed by atoms with Gasteiger partial charge < -0.3 is 22.1 Å². The number of aromatic nitrogens is 6. The van der Waals surface area contributed by atoms with Crippen molar-refractivity contribution in [3.05, 3.63) is 99.8 Å². The molecule has 2 aromatic carbocycles. The van der Waals surface area contributed by atoms with E-state index in [1.807, 2.05) is 24.3 Å². The van der Waals surface area contributed by atoms with Crippen molar-refractivity contribution < 1.29 is 14.4 Å². The van der Waals surface area contributed by atoms with Crippen LogP contribution in [-0.4, -0.2) is 47.3 Å². The molecule has 0 atom stereocenters. The maximum absolute atomic E-state index is 11.8. The quantitative estimate of drug-likeness (QED) is 0.0949. The second kappa shape index (κ2) is 12.6. The van der Waals surface area contributed by atoms with Crippen molar-refractivity contribution in [1.82, 2.24) is 34.5 Å². The van der Waals surface area contributed by atoms with Crippen LogP contribution in [0.3, 0.4) is 0 Å². The first-order chi connectivity index (χ1) is 22.2. The molecule has 1 fully saturated rings. The van der Waals surface area contributed by atoms with Gasteiger partial charge in [-0.2, -0.15) is 19.2 Å². The second-order valence-corrected chi connectivity index (χ2v) is 10.8. The van der Waals surface area contributed by atoms with Crippen molar-refractivity contribution >= 4 is 93.3 Å². The Kier molecular flexibility index (Phi) is 8.20. The van der Waals surface area contributed by atoms with Gasteiger partial charge in [0.1, 0.15) is 23.3 Å². The molecule has 6 aromatic rings. The normalized spacial score (nSPS) is 13.5. The van der Waals surface area contributed by atoms with Gasteiger partial charge >= 0.3 is 0 Å². The number of carbonyl (C=O) groups excluding carboxylic acids is 3. The molecule has 7 rings (SSSR count). The number of rotatable bonds is 6. The number of benzene rings is 2. The maximum Gasteiger partial charge on any atom is 0.254 e. The molecule has 7 N–H and O–H groups in total. The number of nitrogens with one attached hydrogen (secondary N) is 3. The zero-order valence-electron chi connectivity index (χ0n) is 23.6. The van der Waals surface area contributed by atoms with Crippen molar-refractivity contribution in [3.63, 3.8) is 0 Å². The molecule has 1 aliphatic rings. The standard InChI is InChI=1S/C17H13ClN6O2.C13H10ClN5O/c18-11-2-1-3-12(6-11)21-14-7-13(19)24-16(22-14)10(8-20-24)4-9-5-15(25)23-17(9)26;14-9-2-1-3-10(4-9)17-12-5-11(15)19-13(18-12)8(7-20)6-16-19/h1-4,6-8H,5,19H2,(H,21,22)(H,23,25,26);1-7H,15H2,(H,17,18)/b9-4+;. The minimum Gasteiger partial charge on any atom is -0.383 e. The molecule has 230 valence electrons. The zero-order valence-corrected chi connectivity index (χ0v) is 25.1. The average molecular weight is 656 g/mol. The summed E-state index contributed by atoms with van der Waals surface area (Å²) in [5.74, 6) is 1.04. The number of amides is 2. The van der Waals surface area contributed by atoms with Crippen LogP contribution in [-0.2, 0) is 9.59 Å². The van der Waals surface area contributed by atoms with Gasteiger partial charge in [-0.15, -0.1) is 0 Å². The first-order valence-corrected chi connectivity index (χ1v) is 14.3. The van der Waals surface area contributed by atoms with E-state index in [1.165, 1.54) is 15.2 Å². The van der Waals surface area contributed by atoms with E-state index >= 15 is 0 Å². The molecule has 1 aliphatic heterocycles. The lowest BCUT2D eigenvalue weighted by atomic mass is 10.1. The van der Waals surface area contributed by atoms with Crippen LogP contribution in [0.15, 0.2) is 78.6 Å². The van der Waals surface area contributed by atoms with Gasteiger partial charge in [0.2, 0.25) is 5.91 Å². The molecule has 0 bridgehead atoms. The molecule has 0 spiro atoms. The van der Waals surface area contributed by atoms with Crippen molar-refractivity contribution in [2.75, 3.05) is 22.1 Å². The van der Waals surface area contributed by atoms with Gasteiger partial charge in [-0.3, -0.25) is 19.7 Å². The van der Waals surface area contributed by atoms with E-state index in [0.717, 1.165) is 11.4 Å². The Morgan fingerprint density at radius 3 is 1.78 bits per heavy atom. The van der Waals surface area contributed by atoms with Gasteiger partial charge in [0, 0.05) is 44.7 Å². The molecule has 0 unspecified atom stereocenters. The highest BCUT2D eigenvalue weighted by Gasteiger charge is 2.24. The van der Waals surface area contributed by atoms with E-state index < -0.39 is 5.91 Å². The minimum absolute atomic E-state index is 0.0338. The summed E-state index contributed by atoms with van der Waals surface area (Å²) in [7, 11) is 0. The van der Waals surface area contributed by atoms with E-state index in [-0.39, 0.29) is 12.3 Å². The summed E-state index contributed by atoms with van der Waals surface area (Å²) < 4.78 is 2.87. The lowest BCUT2D eigenvalue weighted by molar-refractivity contribution is -0.124. The number of anilines is 6. The number of imide groups is 1. The van der Waals surface area contributed by atoms with Crippen molar-refractivity contribution in [2.24, 2.45) is 0 Å². The summed E-state index contributed by atoms with van der Waals surface area (Å²) >= 11 is 11.9. The SMILES string of the molecule is Nc1cc(Nc2cccc(Cl)c2)nc2c(/C=C3\CC(=O)NC3=O)cnn12.Nc1cc(Nc2cccc(Cl)c2)nc2c(C=O)cnn12. The lowest BCUT2D eigenvalue weighted by Gasteiger charge is -2.08. The zero-order chi connectivity index (χ0) is 32.4. The first kappa shape index (κ1) is 30.1. The fourth-order valence-corrected chi connectivity index (χ4v) is 4.94. The molecule has 0 aliphatic carbocycles. The number of carbonyl (C=O) groups is 3. The number of nitrogens with zero attached hydrogens (tertiary/aromatic N) is 6. The molecule has 14 nitrogen and oxygen atoms in total. The second-order valence-electron chi connectivity index (χ2n) is 9.92. The van der Waals surface area contributed by atoms with E-state index in [9.17, 15) is 14.4 Å². The molecule has 5 heterocycles. The van der Waals surface area contributed by atoms with Crippen LogP contribution in [0.2, 0.25) is 10.0 Å². The van der Waals surface area contributed by atoms with Crippen molar-refractivity contribution in [1.29, 1.82) is 0 Å². The highest BCUT2D eigenvalue weighted by atomic mass is 35.5. The summed E-state index contributed by atoms with van der Waals surface area (Å²) in [6, 6.07) is 17.7. The van der Waals surface area contributed by atoms with Crippen molar-refractivity contribution in [2.45, 2.75) is 6.42 Å². The van der Waals surface area contributed by atoms with Crippen molar-refractivity contribution in [3.8, 4) is 0 Å². The van der Waals surface area contributed by atoms with Crippen LogP contribution in [0, 0.1) is 0 Å². The van der Waals surface area contributed by atoms with E-state index in [0.29, 0.717) is 67.6 Å². The fraction of sp³-hybridized carbons (Fsp3) is 0.0333. The molecule has 0 saturated carbocycles. The molecular formula is C30H23Cl2N11O3. The Morgan fingerprint density at radius 1 is 0.783 bits per heavy atom. The molecule has 46 heavy (non-hydrogen) atoms. The first-order valence-electron chi connectivity index (χ1n) is 13.5. The lowest BCUT2D eigenvalue weighted by Crippen LogP contribution is -2.19. The number of nitrogens with two attached hydrogens (primary N) is 2. The molecule has 16 heteroatoms. The Morgan fingerprint density at radius 2 is 1.30 bits per heavy atom. The highest BCUT2D eigenvalue weighted by molar-refractivity contribution is 6.31. The summed E-state index contributed by atoms with van der Waals surface area (Å²) in [4.78, 5) is 42.9. The Labute approximate surface area is 270 Å². The monoisotopic (exact) mass is 655 g/mol. The van der Waals surface area contributed by atoms with Crippen LogP contribution in [0.25, 0.3) is 17.4 Å². The van der Waals surface area contributed by atoms with E-state index in [2.05, 4.69) is 36.1 Å². The fourth-order valence-electron chi connectivity index (χ4n) is 4.56. The molecular weight excluding hydrogens is 633 g/mol.